The van der Waals surface area contributed by atoms with Crippen molar-refractivity contribution in [3.63, 3.8) is 0 Å². The van der Waals surface area contributed by atoms with Gasteiger partial charge in [0.05, 0.1) is 12.2 Å². The molecule has 5 nitrogen and oxygen atoms in total. The van der Waals surface area contributed by atoms with Gasteiger partial charge in [-0.15, -0.1) is 0 Å². The van der Waals surface area contributed by atoms with Crippen molar-refractivity contribution in [3.8, 4) is 0 Å². The molecule has 1 heterocycles. The number of hydrogen-bond donors (Lipinski definition) is 2. The summed E-state index contributed by atoms with van der Waals surface area (Å²) in [5, 5.41) is 9.19. The Hall–Kier alpha value is -1.52. The van der Waals surface area contributed by atoms with Gasteiger partial charge in [-0.2, -0.15) is 0 Å². The summed E-state index contributed by atoms with van der Waals surface area (Å²) in [7, 11) is 0. The molecule has 0 aliphatic carbocycles. The standard InChI is InChI=1S/C10H17N3O2/c1-7-5-8(15-13-7)6-11-9(14)12-10(2,3)4/h5H,6H2,1-4H3,(H2,11,12,14). The van der Waals surface area contributed by atoms with Gasteiger partial charge in [-0.3, -0.25) is 0 Å². The van der Waals surface area contributed by atoms with Crippen LogP contribution in [-0.2, 0) is 6.54 Å². The van der Waals surface area contributed by atoms with E-state index in [0.717, 1.165) is 5.69 Å². The van der Waals surface area contributed by atoms with Crippen LogP contribution >= 0.6 is 0 Å². The van der Waals surface area contributed by atoms with Crippen LogP contribution in [0.1, 0.15) is 32.2 Å². The predicted octanol–water partition coefficient (Wildman–Crippen LogP) is 1.58. The smallest absolute Gasteiger partial charge is 0.315 e. The molecule has 2 N–H and O–H groups in total. The van der Waals surface area contributed by atoms with Gasteiger partial charge in [-0.1, -0.05) is 5.16 Å². The summed E-state index contributed by atoms with van der Waals surface area (Å²) in [5.41, 5.74) is 0.574. The number of nitrogens with zero attached hydrogens (tertiary/aromatic N) is 1. The largest absolute Gasteiger partial charge is 0.359 e. The molecule has 0 aliphatic heterocycles. The van der Waals surface area contributed by atoms with Crippen LogP contribution in [0.2, 0.25) is 0 Å². The van der Waals surface area contributed by atoms with Crippen LogP contribution in [0.3, 0.4) is 0 Å². The second kappa shape index (κ2) is 4.33. The van der Waals surface area contributed by atoms with Gasteiger partial charge < -0.3 is 15.2 Å². The number of nitrogens with one attached hydrogen (secondary N) is 2. The topological polar surface area (TPSA) is 67.2 Å². The van der Waals surface area contributed by atoms with E-state index in [0.29, 0.717) is 12.3 Å². The van der Waals surface area contributed by atoms with E-state index in [1.54, 1.807) is 6.07 Å². The van der Waals surface area contributed by atoms with Gasteiger partial charge in [0.1, 0.15) is 0 Å². The predicted molar refractivity (Wildman–Crippen MR) is 56.4 cm³/mol. The molecule has 1 aromatic heterocycles. The van der Waals surface area contributed by atoms with E-state index in [1.165, 1.54) is 0 Å². The van der Waals surface area contributed by atoms with Crippen molar-refractivity contribution in [2.24, 2.45) is 0 Å². The molecular formula is C10H17N3O2. The number of carbonyl (C=O) groups is 1. The maximum Gasteiger partial charge on any atom is 0.315 e. The molecule has 0 unspecified atom stereocenters. The summed E-state index contributed by atoms with van der Waals surface area (Å²) in [6, 6.07) is 1.58. The lowest BCUT2D eigenvalue weighted by Crippen LogP contribution is -2.46. The van der Waals surface area contributed by atoms with Crippen molar-refractivity contribution < 1.29 is 9.32 Å². The van der Waals surface area contributed by atoms with Gasteiger partial charge in [0.2, 0.25) is 0 Å². The van der Waals surface area contributed by atoms with Crippen molar-refractivity contribution in [2.45, 2.75) is 39.8 Å². The number of hydrogen-bond acceptors (Lipinski definition) is 3. The highest BCUT2D eigenvalue weighted by Crippen LogP contribution is 2.01. The first kappa shape index (κ1) is 11.6. The molecular weight excluding hydrogens is 194 g/mol. The minimum Gasteiger partial charge on any atom is -0.359 e. The Morgan fingerprint density at radius 2 is 2.20 bits per heavy atom. The second-order valence-corrected chi connectivity index (χ2v) is 4.49. The average Bonchev–Trinajstić information content (AvgIpc) is 2.45. The summed E-state index contributed by atoms with van der Waals surface area (Å²) >= 11 is 0. The monoisotopic (exact) mass is 211 g/mol. The van der Waals surface area contributed by atoms with Crippen LogP contribution in [0.25, 0.3) is 0 Å². The Morgan fingerprint density at radius 1 is 1.53 bits per heavy atom. The van der Waals surface area contributed by atoms with E-state index in [2.05, 4.69) is 15.8 Å². The highest BCUT2D eigenvalue weighted by atomic mass is 16.5. The Balaban J connectivity index is 2.35. The molecule has 0 saturated carbocycles. The van der Waals surface area contributed by atoms with Crippen molar-refractivity contribution in [2.75, 3.05) is 0 Å². The quantitative estimate of drug-likeness (QED) is 0.780. The van der Waals surface area contributed by atoms with Crippen molar-refractivity contribution in [1.82, 2.24) is 15.8 Å². The molecule has 1 rings (SSSR count). The number of rotatable bonds is 2. The first-order chi connectivity index (χ1) is 6.87. The van der Waals surface area contributed by atoms with E-state index in [-0.39, 0.29) is 11.6 Å². The maximum absolute atomic E-state index is 11.4. The SMILES string of the molecule is Cc1cc(CNC(=O)NC(C)(C)C)on1. The molecule has 2 amide bonds. The maximum atomic E-state index is 11.4. The summed E-state index contributed by atoms with van der Waals surface area (Å²) < 4.78 is 4.95. The number of carbonyl (C=O) groups excluding carboxylic acids is 1. The minimum absolute atomic E-state index is 0.212. The van der Waals surface area contributed by atoms with Gasteiger partial charge in [0.25, 0.3) is 0 Å². The normalized spacial score (nSPS) is 11.2. The zero-order valence-electron chi connectivity index (χ0n) is 9.55. The molecule has 0 aliphatic rings. The van der Waals surface area contributed by atoms with Crippen LogP contribution in [0.4, 0.5) is 4.79 Å². The van der Waals surface area contributed by atoms with E-state index < -0.39 is 0 Å². The summed E-state index contributed by atoms with van der Waals surface area (Å²) in [5.74, 6) is 0.650. The lowest BCUT2D eigenvalue weighted by Gasteiger charge is -2.20. The Morgan fingerprint density at radius 3 is 2.67 bits per heavy atom. The molecule has 0 radical (unpaired) electrons. The molecule has 84 valence electrons. The fraction of sp³-hybridized carbons (Fsp3) is 0.600. The zero-order valence-corrected chi connectivity index (χ0v) is 9.55. The van der Waals surface area contributed by atoms with Crippen LogP contribution < -0.4 is 10.6 Å². The molecule has 0 bridgehead atoms. The number of amides is 2. The lowest BCUT2D eigenvalue weighted by atomic mass is 10.1. The van der Waals surface area contributed by atoms with Crippen LogP contribution in [0, 0.1) is 6.92 Å². The minimum atomic E-state index is -0.235. The third-order valence-electron chi connectivity index (χ3n) is 1.59. The molecule has 0 saturated heterocycles. The van der Waals surface area contributed by atoms with Gasteiger partial charge >= 0.3 is 6.03 Å². The molecule has 0 fully saturated rings. The van der Waals surface area contributed by atoms with Gasteiger partial charge in [-0.25, -0.2) is 4.79 Å². The Labute approximate surface area is 89.2 Å². The number of aryl methyl sites for hydroxylation is 1. The summed E-state index contributed by atoms with van der Waals surface area (Å²) in [6.45, 7) is 7.95. The molecule has 0 spiro atoms. The van der Waals surface area contributed by atoms with Crippen molar-refractivity contribution in [1.29, 1.82) is 0 Å². The van der Waals surface area contributed by atoms with Crippen molar-refractivity contribution >= 4 is 6.03 Å². The Bertz CT molecular complexity index is 339. The van der Waals surface area contributed by atoms with E-state index in [9.17, 15) is 4.79 Å². The number of urea groups is 1. The van der Waals surface area contributed by atoms with E-state index in [1.807, 2.05) is 27.7 Å². The summed E-state index contributed by atoms with van der Waals surface area (Å²) in [6.07, 6.45) is 0. The first-order valence-electron chi connectivity index (χ1n) is 4.85. The van der Waals surface area contributed by atoms with E-state index >= 15 is 0 Å². The zero-order chi connectivity index (χ0) is 11.5. The van der Waals surface area contributed by atoms with Crippen LogP contribution in [0.5, 0.6) is 0 Å². The summed E-state index contributed by atoms with van der Waals surface area (Å²) in [4.78, 5) is 11.4. The highest BCUT2D eigenvalue weighted by Gasteiger charge is 2.13. The fourth-order valence-electron chi connectivity index (χ4n) is 1.05. The Kier molecular flexibility index (Phi) is 3.34. The van der Waals surface area contributed by atoms with Crippen LogP contribution in [-0.4, -0.2) is 16.7 Å². The molecule has 5 heteroatoms. The number of aromatic nitrogens is 1. The second-order valence-electron chi connectivity index (χ2n) is 4.49. The average molecular weight is 211 g/mol. The van der Waals surface area contributed by atoms with Gasteiger partial charge in [-0.05, 0) is 27.7 Å². The molecule has 0 atom stereocenters. The van der Waals surface area contributed by atoms with Gasteiger partial charge in [0, 0.05) is 11.6 Å². The molecule has 0 aromatic carbocycles. The van der Waals surface area contributed by atoms with E-state index in [4.69, 9.17) is 4.52 Å². The van der Waals surface area contributed by atoms with Crippen molar-refractivity contribution in [3.05, 3.63) is 17.5 Å². The third kappa shape index (κ3) is 4.49. The molecule has 1 aromatic rings. The fourth-order valence-corrected chi connectivity index (χ4v) is 1.05. The lowest BCUT2D eigenvalue weighted by molar-refractivity contribution is 0.230. The third-order valence-corrected chi connectivity index (χ3v) is 1.59. The highest BCUT2D eigenvalue weighted by molar-refractivity contribution is 5.74. The van der Waals surface area contributed by atoms with Crippen LogP contribution in [0.15, 0.2) is 10.6 Å². The first-order valence-corrected chi connectivity index (χ1v) is 4.85. The molecule has 15 heavy (non-hydrogen) atoms. The van der Waals surface area contributed by atoms with Gasteiger partial charge in [0.15, 0.2) is 5.76 Å².